The van der Waals surface area contributed by atoms with Crippen molar-refractivity contribution in [1.82, 2.24) is 4.98 Å². The molecule has 1 N–H and O–H groups in total. The monoisotopic (exact) mass is 381 g/mol. The van der Waals surface area contributed by atoms with Gasteiger partial charge in [0, 0.05) is 29.9 Å². The van der Waals surface area contributed by atoms with Crippen LogP contribution in [0.4, 0.5) is 11.4 Å². The molecular weight excluding hydrogens is 362 g/mol. The third-order valence-corrected chi connectivity index (χ3v) is 5.44. The largest absolute Gasteiger partial charge is 0.324 e. The van der Waals surface area contributed by atoms with E-state index in [1.165, 1.54) is 0 Å². The number of nitrogens with one attached hydrogen (secondary N) is 1. The number of para-hydroxylation sites is 1. The first-order valence-electron chi connectivity index (χ1n) is 9.63. The average Bonchev–Trinajstić information content (AvgIpc) is 3.15. The van der Waals surface area contributed by atoms with Crippen LogP contribution < -0.4 is 10.2 Å². The molecule has 29 heavy (non-hydrogen) atoms. The lowest BCUT2D eigenvalue weighted by molar-refractivity contribution is -0.122. The highest BCUT2D eigenvalue weighted by molar-refractivity contribution is 6.09. The van der Waals surface area contributed by atoms with Gasteiger partial charge in [0.15, 0.2) is 0 Å². The van der Waals surface area contributed by atoms with Gasteiger partial charge in [-0.15, -0.1) is 0 Å². The maximum Gasteiger partial charge on any atom is 0.229 e. The van der Waals surface area contributed by atoms with E-state index in [1.54, 1.807) is 11.1 Å². The molecule has 0 unspecified atom stereocenters. The topological polar surface area (TPSA) is 62.3 Å². The fraction of sp³-hybridized carbons (Fsp3) is 0.125. The lowest BCUT2D eigenvalue weighted by atomic mass is 10.1. The Bertz CT molecular complexity index is 1240. The van der Waals surface area contributed by atoms with Gasteiger partial charge in [-0.3, -0.25) is 14.6 Å². The number of hydrogen-bond acceptors (Lipinski definition) is 3. The van der Waals surface area contributed by atoms with Gasteiger partial charge < -0.3 is 10.2 Å². The van der Waals surface area contributed by atoms with Gasteiger partial charge in [-0.25, -0.2) is 0 Å². The Labute approximate surface area is 168 Å². The highest BCUT2D eigenvalue weighted by atomic mass is 16.2. The Kier molecular flexibility index (Phi) is 4.21. The standard InChI is InChI=1S/C24H19N3O2/c28-22-14-18(15-27(22)21-12-4-7-16-6-1-2-10-19(16)21)24(29)26-20-11-3-8-17-9-5-13-25-23(17)20/h1-13,18H,14-15H2,(H,26,29)/t18-/m0/s1. The quantitative estimate of drug-likeness (QED) is 0.573. The predicted molar refractivity (Wildman–Crippen MR) is 115 cm³/mol. The van der Waals surface area contributed by atoms with Crippen LogP contribution in [0.25, 0.3) is 21.7 Å². The van der Waals surface area contributed by atoms with E-state index in [2.05, 4.69) is 10.3 Å². The number of carbonyl (C=O) groups excluding carboxylic acids is 2. The molecule has 0 aliphatic carbocycles. The molecule has 0 saturated carbocycles. The maximum atomic E-state index is 12.9. The summed E-state index contributed by atoms with van der Waals surface area (Å²) in [6.45, 7) is 0.372. The molecule has 5 nitrogen and oxygen atoms in total. The van der Waals surface area contributed by atoms with Gasteiger partial charge in [0.25, 0.3) is 0 Å². The molecule has 1 aliphatic heterocycles. The van der Waals surface area contributed by atoms with E-state index in [0.29, 0.717) is 12.2 Å². The average molecular weight is 381 g/mol. The molecule has 5 heteroatoms. The molecule has 1 aromatic heterocycles. The van der Waals surface area contributed by atoms with Crippen molar-refractivity contribution < 1.29 is 9.59 Å². The van der Waals surface area contributed by atoms with E-state index >= 15 is 0 Å². The molecule has 0 spiro atoms. The van der Waals surface area contributed by atoms with Crippen molar-refractivity contribution in [2.45, 2.75) is 6.42 Å². The lowest BCUT2D eigenvalue weighted by Gasteiger charge is -2.19. The Morgan fingerprint density at radius 1 is 0.931 bits per heavy atom. The van der Waals surface area contributed by atoms with Gasteiger partial charge in [0.2, 0.25) is 11.8 Å². The Morgan fingerprint density at radius 2 is 1.69 bits per heavy atom. The molecule has 5 rings (SSSR count). The Balaban J connectivity index is 1.40. The van der Waals surface area contributed by atoms with Crippen molar-refractivity contribution in [2.24, 2.45) is 5.92 Å². The molecule has 2 heterocycles. The molecule has 142 valence electrons. The zero-order chi connectivity index (χ0) is 19.8. The van der Waals surface area contributed by atoms with Crippen molar-refractivity contribution in [3.8, 4) is 0 Å². The van der Waals surface area contributed by atoms with Crippen LogP contribution in [0.15, 0.2) is 79.0 Å². The summed E-state index contributed by atoms with van der Waals surface area (Å²) in [5.41, 5.74) is 2.28. The summed E-state index contributed by atoms with van der Waals surface area (Å²) in [6.07, 6.45) is 1.91. The number of aromatic nitrogens is 1. The smallest absolute Gasteiger partial charge is 0.229 e. The number of anilines is 2. The minimum absolute atomic E-state index is 0.0300. The molecule has 1 aliphatic rings. The summed E-state index contributed by atoms with van der Waals surface area (Å²) in [5.74, 6) is -0.586. The Morgan fingerprint density at radius 3 is 2.62 bits per heavy atom. The van der Waals surface area contributed by atoms with Crippen LogP contribution in [0.3, 0.4) is 0 Å². The normalized spacial score (nSPS) is 16.5. The highest BCUT2D eigenvalue weighted by Crippen LogP contribution is 2.32. The molecule has 2 amide bonds. The number of rotatable bonds is 3. The van der Waals surface area contributed by atoms with Crippen molar-refractivity contribution in [3.05, 3.63) is 79.0 Å². The molecule has 0 radical (unpaired) electrons. The fourth-order valence-corrected chi connectivity index (χ4v) is 4.00. The highest BCUT2D eigenvalue weighted by Gasteiger charge is 2.35. The van der Waals surface area contributed by atoms with Crippen molar-refractivity contribution >= 4 is 44.9 Å². The first-order valence-corrected chi connectivity index (χ1v) is 9.63. The number of fused-ring (bicyclic) bond motifs is 2. The summed E-state index contributed by atoms with van der Waals surface area (Å²) in [5, 5.41) is 6.03. The van der Waals surface area contributed by atoms with Crippen LogP contribution in [0.5, 0.6) is 0 Å². The third-order valence-electron chi connectivity index (χ3n) is 5.44. The van der Waals surface area contributed by atoms with E-state index in [0.717, 1.165) is 27.4 Å². The van der Waals surface area contributed by atoms with E-state index < -0.39 is 5.92 Å². The molecule has 1 saturated heterocycles. The van der Waals surface area contributed by atoms with Crippen molar-refractivity contribution in [1.29, 1.82) is 0 Å². The van der Waals surface area contributed by atoms with E-state index in [-0.39, 0.29) is 18.2 Å². The maximum absolute atomic E-state index is 12.9. The molecule has 3 aromatic carbocycles. The van der Waals surface area contributed by atoms with Gasteiger partial charge >= 0.3 is 0 Å². The first-order chi connectivity index (χ1) is 14.2. The van der Waals surface area contributed by atoms with Gasteiger partial charge in [-0.1, -0.05) is 54.6 Å². The molecular formula is C24H19N3O2. The summed E-state index contributed by atoms with van der Waals surface area (Å²) >= 11 is 0. The van der Waals surface area contributed by atoms with Crippen LogP contribution in [0.2, 0.25) is 0 Å². The third kappa shape index (κ3) is 3.10. The summed E-state index contributed by atoms with van der Waals surface area (Å²) in [4.78, 5) is 31.8. The van der Waals surface area contributed by atoms with Gasteiger partial charge in [-0.2, -0.15) is 0 Å². The molecule has 1 atom stereocenters. The van der Waals surface area contributed by atoms with Crippen molar-refractivity contribution in [2.75, 3.05) is 16.8 Å². The number of hydrogen-bond donors (Lipinski definition) is 1. The number of amides is 2. The second kappa shape index (κ2) is 7.02. The van der Waals surface area contributed by atoms with Crippen LogP contribution >= 0.6 is 0 Å². The van der Waals surface area contributed by atoms with Crippen molar-refractivity contribution in [3.63, 3.8) is 0 Å². The number of carbonyl (C=O) groups is 2. The second-order valence-electron chi connectivity index (χ2n) is 7.27. The van der Waals surface area contributed by atoms with Crippen LogP contribution in [0.1, 0.15) is 6.42 Å². The zero-order valence-electron chi connectivity index (χ0n) is 15.7. The SMILES string of the molecule is O=C(Nc1cccc2cccnc12)[C@H]1CC(=O)N(c2cccc3ccccc23)C1. The summed E-state index contributed by atoms with van der Waals surface area (Å²) < 4.78 is 0. The fourth-order valence-electron chi connectivity index (χ4n) is 4.00. The number of benzene rings is 3. The molecule has 0 bridgehead atoms. The van der Waals surface area contributed by atoms with E-state index in [9.17, 15) is 9.59 Å². The predicted octanol–water partition coefficient (Wildman–Crippen LogP) is 4.38. The molecule has 4 aromatic rings. The van der Waals surface area contributed by atoms with E-state index in [1.807, 2.05) is 72.8 Å². The minimum Gasteiger partial charge on any atom is -0.324 e. The lowest BCUT2D eigenvalue weighted by Crippen LogP contribution is -2.28. The van der Waals surface area contributed by atoms with Gasteiger partial charge in [-0.05, 0) is 23.6 Å². The second-order valence-corrected chi connectivity index (χ2v) is 7.27. The van der Waals surface area contributed by atoms with Crippen LogP contribution in [-0.4, -0.2) is 23.3 Å². The summed E-state index contributed by atoms with van der Waals surface area (Å²) in [6, 6.07) is 23.4. The van der Waals surface area contributed by atoms with Gasteiger partial charge in [0.1, 0.15) is 0 Å². The zero-order valence-corrected chi connectivity index (χ0v) is 15.7. The summed E-state index contributed by atoms with van der Waals surface area (Å²) in [7, 11) is 0. The first kappa shape index (κ1) is 17.4. The molecule has 1 fully saturated rings. The van der Waals surface area contributed by atoms with E-state index in [4.69, 9.17) is 0 Å². The van der Waals surface area contributed by atoms with Crippen LogP contribution in [-0.2, 0) is 9.59 Å². The van der Waals surface area contributed by atoms with Crippen LogP contribution in [0, 0.1) is 5.92 Å². The minimum atomic E-state index is -0.402. The number of pyridine rings is 1. The Hall–Kier alpha value is -3.73. The number of nitrogens with zero attached hydrogens (tertiary/aromatic N) is 2. The van der Waals surface area contributed by atoms with Gasteiger partial charge in [0.05, 0.1) is 22.8 Å².